The van der Waals surface area contributed by atoms with E-state index in [0.29, 0.717) is 0 Å². The van der Waals surface area contributed by atoms with Crippen LogP contribution in [0.25, 0.3) is 0 Å². The van der Waals surface area contributed by atoms with Crippen LogP contribution in [-0.2, 0) is 66.3 Å². The van der Waals surface area contributed by atoms with E-state index >= 15 is 0 Å². The highest BCUT2D eigenvalue weighted by atomic mass is 16.8. The maximum absolute atomic E-state index is 11.3. The van der Waals surface area contributed by atoms with Crippen molar-refractivity contribution in [3.63, 3.8) is 0 Å². The molecule has 21 heterocycles. The number of hydrogen-bond donors (Lipinski definition) is 21. The molecular formula is C42H70O35. The van der Waals surface area contributed by atoms with E-state index in [9.17, 15) is 107 Å². The van der Waals surface area contributed by atoms with Crippen molar-refractivity contribution in [1.29, 1.82) is 0 Å². The van der Waals surface area contributed by atoms with E-state index in [1.807, 2.05) is 0 Å². The van der Waals surface area contributed by atoms with Gasteiger partial charge in [-0.1, -0.05) is 0 Å². The van der Waals surface area contributed by atoms with Crippen LogP contribution in [-0.4, -0.2) is 368 Å². The summed E-state index contributed by atoms with van der Waals surface area (Å²) in [5.74, 6) is 0. The summed E-state index contributed by atoms with van der Waals surface area (Å²) in [7, 11) is 0. The number of hydrogen-bond acceptors (Lipinski definition) is 35. The highest BCUT2D eigenvalue weighted by Crippen LogP contribution is 2.39. The predicted molar refractivity (Wildman–Crippen MR) is 228 cm³/mol. The van der Waals surface area contributed by atoms with Gasteiger partial charge in [-0.2, -0.15) is 0 Å². The van der Waals surface area contributed by atoms with Crippen LogP contribution in [0.5, 0.6) is 0 Å². The molecule has 0 spiro atoms. The lowest BCUT2D eigenvalue weighted by molar-refractivity contribution is -0.396. The third-order valence-electron chi connectivity index (χ3n) is 14.8. The van der Waals surface area contributed by atoms with Gasteiger partial charge in [-0.05, 0) is 0 Å². The summed E-state index contributed by atoms with van der Waals surface area (Å²) in [6.07, 6.45) is -70.2. The van der Waals surface area contributed by atoms with Gasteiger partial charge >= 0.3 is 0 Å². The molecule has 0 aromatic carbocycles. The zero-order valence-electron chi connectivity index (χ0n) is 40.3. The zero-order valence-corrected chi connectivity index (χ0v) is 40.3. The third kappa shape index (κ3) is 12.1. The summed E-state index contributed by atoms with van der Waals surface area (Å²) in [6.45, 7) is -7.33. The Morgan fingerprint density at radius 1 is 0.156 bits per heavy atom. The smallest absolute Gasteiger partial charge is 0.187 e. The monoisotopic (exact) mass is 1130 g/mol. The molecular weight excluding hydrogens is 1060 g/mol. The van der Waals surface area contributed by atoms with E-state index in [-0.39, 0.29) is 0 Å². The van der Waals surface area contributed by atoms with Gasteiger partial charge in [0.2, 0.25) is 0 Å². The Morgan fingerprint density at radius 3 is 0.351 bits per heavy atom. The standard InChI is InChI=1S/C42H70O35/c43-1-8-29-15(50)22(57)36(64-8)72-30-9(2-44)66-38(24(59)17(30)52)74-32-11(4-46)68-40(26(61)19(32)54)76-34-13(6-48)70-42(28(63)21(34)56)77-35-14(7-49)69-41(27(62)20(35)55)75-33-12(5-47)67-39(25(60)18(33)53)73-31-10(3-45)65-37(71-29)23(58)16(31)51/h8-63H,1-7H2/t8?,9?,10?,11?,12?,13?,14?,15-,16-,17-,18?,19?,20?,21-,22?,23?,24?,25+,26+,27+,28?,29-,30-,31-,32-,33-,34-,35-,36-,37-,38+,39-,40+,41-,42?/m1/s1. The number of aliphatic hydroxyl groups is 21. The summed E-state index contributed by atoms with van der Waals surface area (Å²) >= 11 is 0. The molecule has 0 aromatic heterocycles. The first-order valence-electron chi connectivity index (χ1n) is 24.6. The minimum Gasteiger partial charge on any atom is -0.394 e. The first-order valence-corrected chi connectivity index (χ1v) is 24.6. The average Bonchev–Trinajstić information content (AvgIpc) is 3.47. The van der Waals surface area contributed by atoms with E-state index < -0.39 is 261 Å². The molecule has 15 unspecified atom stereocenters. The second kappa shape index (κ2) is 26.0. The van der Waals surface area contributed by atoms with Crippen molar-refractivity contribution in [2.24, 2.45) is 0 Å². The molecule has 0 aliphatic carbocycles. The Morgan fingerprint density at radius 2 is 0.260 bits per heavy atom. The van der Waals surface area contributed by atoms with E-state index in [4.69, 9.17) is 66.3 Å². The summed E-state index contributed by atoms with van der Waals surface area (Å²) < 4.78 is 79.5. The number of aliphatic hydroxyl groups excluding tert-OH is 21. The second-order valence-electron chi connectivity index (χ2n) is 19.7. The molecule has 21 fully saturated rings. The molecule has 21 rings (SSSR count). The van der Waals surface area contributed by atoms with Crippen LogP contribution < -0.4 is 0 Å². The first-order chi connectivity index (χ1) is 36.7. The van der Waals surface area contributed by atoms with Crippen LogP contribution in [0, 0.1) is 0 Å². The van der Waals surface area contributed by atoms with Crippen LogP contribution in [0.4, 0.5) is 0 Å². The average molecular weight is 1130 g/mol. The molecule has 0 amide bonds. The van der Waals surface area contributed by atoms with Crippen LogP contribution >= 0.6 is 0 Å². The fourth-order valence-electron chi connectivity index (χ4n) is 10.4. The highest BCUT2D eigenvalue weighted by Gasteiger charge is 2.59. The van der Waals surface area contributed by atoms with Crippen molar-refractivity contribution in [1.82, 2.24) is 0 Å². The topological polar surface area (TPSA) is 554 Å². The largest absolute Gasteiger partial charge is 0.394 e. The van der Waals surface area contributed by atoms with Gasteiger partial charge in [0.1, 0.15) is 171 Å². The summed E-state index contributed by atoms with van der Waals surface area (Å²) in [6, 6.07) is 0. The van der Waals surface area contributed by atoms with Gasteiger partial charge in [0.05, 0.1) is 46.2 Å². The lowest BCUT2D eigenvalue weighted by atomic mass is 9.95. The molecule has 77 heavy (non-hydrogen) atoms. The predicted octanol–water partition coefficient (Wildman–Crippen LogP) is -15.2. The second-order valence-corrected chi connectivity index (χ2v) is 19.7. The molecule has 448 valence electrons. The van der Waals surface area contributed by atoms with Crippen molar-refractivity contribution < 1.29 is 174 Å². The van der Waals surface area contributed by atoms with Gasteiger partial charge in [0.25, 0.3) is 0 Å². The van der Waals surface area contributed by atoms with Crippen molar-refractivity contribution >= 4 is 0 Å². The maximum atomic E-state index is 11.3. The minimum atomic E-state index is -2.21. The molecule has 35 heteroatoms. The number of ether oxygens (including phenoxy) is 14. The van der Waals surface area contributed by atoms with E-state index in [2.05, 4.69) is 0 Å². The lowest BCUT2D eigenvalue weighted by Crippen LogP contribution is -2.68. The summed E-state index contributed by atoms with van der Waals surface area (Å²) in [5, 5.41) is 230. The van der Waals surface area contributed by atoms with Gasteiger partial charge in [0, 0.05) is 0 Å². The Hall–Kier alpha value is -1.40. The zero-order chi connectivity index (χ0) is 56.1. The van der Waals surface area contributed by atoms with Gasteiger partial charge < -0.3 is 174 Å². The molecule has 14 bridgehead atoms. The van der Waals surface area contributed by atoms with Crippen molar-refractivity contribution in [3.05, 3.63) is 0 Å². The maximum Gasteiger partial charge on any atom is 0.187 e. The Labute approximate surface area is 434 Å². The highest BCUT2D eigenvalue weighted by molar-refractivity contribution is 5.01. The molecule has 21 N–H and O–H groups in total. The molecule has 0 saturated carbocycles. The first kappa shape index (κ1) is 61.7. The van der Waals surface area contributed by atoms with Crippen LogP contribution in [0.2, 0.25) is 0 Å². The molecule has 21 aliphatic rings. The Kier molecular flexibility index (Phi) is 20.8. The van der Waals surface area contributed by atoms with Crippen molar-refractivity contribution in [2.45, 2.75) is 215 Å². The molecule has 21 aliphatic heterocycles. The van der Waals surface area contributed by atoms with E-state index in [1.165, 1.54) is 0 Å². The van der Waals surface area contributed by atoms with Crippen molar-refractivity contribution in [3.8, 4) is 0 Å². The molecule has 35 atom stereocenters. The Balaban J connectivity index is 1.08. The Bertz CT molecular complexity index is 1470. The summed E-state index contributed by atoms with van der Waals surface area (Å²) in [5.41, 5.74) is 0. The van der Waals surface area contributed by atoms with Gasteiger partial charge in [-0.3, -0.25) is 0 Å². The van der Waals surface area contributed by atoms with Crippen LogP contribution in [0.1, 0.15) is 0 Å². The van der Waals surface area contributed by atoms with E-state index in [0.717, 1.165) is 0 Å². The SMILES string of the molecule is OCC1O[C@@H]2O[C@@H]3C(CO)O[C@H](O[C@@H]4C(CO)O[C@H](O[C@@H]5C(CO)O[C@H](O[C@@H]6C(CO)O[C@@H](O[C@@H]7C(CO)O[C@@H](O[C@@H]8C(CO)OC(O[C@H]1C(O)[C@@H]2O)C(O)[C@H]8O)[C@@H](O)C7O)C(O)[C@H]6O)C(O)[C@H]5O)C(O)[C@H]4O)[C@@H](O)C3O. The fourth-order valence-corrected chi connectivity index (χ4v) is 10.4. The van der Waals surface area contributed by atoms with E-state index in [1.54, 1.807) is 0 Å². The number of rotatable bonds is 7. The third-order valence-corrected chi connectivity index (χ3v) is 14.8. The van der Waals surface area contributed by atoms with Gasteiger partial charge in [-0.25, -0.2) is 0 Å². The van der Waals surface area contributed by atoms with Crippen LogP contribution in [0.15, 0.2) is 0 Å². The molecule has 35 nitrogen and oxygen atoms in total. The minimum absolute atomic E-state index is 1.05. The van der Waals surface area contributed by atoms with Gasteiger partial charge in [-0.15, -0.1) is 0 Å². The van der Waals surface area contributed by atoms with Crippen LogP contribution in [0.3, 0.4) is 0 Å². The molecule has 0 radical (unpaired) electrons. The lowest BCUT2D eigenvalue weighted by Gasteiger charge is -2.50. The molecule has 0 aromatic rings. The fraction of sp³-hybridized carbons (Fsp3) is 1.00. The van der Waals surface area contributed by atoms with Gasteiger partial charge in [0.15, 0.2) is 44.0 Å². The molecule has 21 saturated heterocycles. The normalized spacial score (nSPS) is 55.4. The van der Waals surface area contributed by atoms with Crippen molar-refractivity contribution in [2.75, 3.05) is 46.2 Å². The summed E-state index contributed by atoms with van der Waals surface area (Å²) in [4.78, 5) is 0. The quantitative estimate of drug-likeness (QED) is 0.113.